The number of nitrogens with zero attached hydrogens (tertiary/aromatic N) is 3. The van der Waals surface area contributed by atoms with Gasteiger partial charge in [0.25, 0.3) is 5.91 Å². The third-order valence-corrected chi connectivity index (χ3v) is 5.21. The quantitative estimate of drug-likeness (QED) is 0.246. The molecule has 0 saturated carbocycles. The Kier molecular flexibility index (Phi) is 11.4. The Balaban J connectivity index is 5.22. The normalized spacial score (nSPS) is 13.0. The van der Waals surface area contributed by atoms with Gasteiger partial charge in [-0.05, 0) is 14.1 Å². The van der Waals surface area contributed by atoms with Crippen LogP contribution in [0.3, 0.4) is 0 Å². The minimum Gasteiger partial charge on any atom is -0.353 e. The maximum Gasteiger partial charge on any atom is 0.251 e. The van der Waals surface area contributed by atoms with Crippen LogP contribution in [0, 0.1) is 10.8 Å². The molecule has 174 valence electrons. The van der Waals surface area contributed by atoms with Crippen LogP contribution in [0.5, 0.6) is 0 Å². The van der Waals surface area contributed by atoms with Gasteiger partial charge in [0.2, 0.25) is 11.8 Å². The summed E-state index contributed by atoms with van der Waals surface area (Å²) in [5.41, 5.74) is 1.54. The summed E-state index contributed by atoms with van der Waals surface area (Å²) < 4.78 is 1.25. The summed E-state index contributed by atoms with van der Waals surface area (Å²) in [7, 11) is 5.28. The van der Waals surface area contributed by atoms with Gasteiger partial charge in [0, 0.05) is 37.4 Å². The highest BCUT2D eigenvalue weighted by atomic mass is 127. The molecule has 0 radical (unpaired) electrons. The Labute approximate surface area is 194 Å². The number of hydrazine groups is 1. The van der Waals surface area contributed by atoms with E-state index in [1.807, 2.05) is 19.0 Å². The fourth-order valence-electron chi connectivity index (χ4n) is 2.21. The maximum atomic E-state index is 12.7. The molecule has 10 heteroatoms. The standard InChI is InChI=1S/C20H38IN5O4/c1-19(2,3)15(27)12-14(17(29)22-10-11-24(7)8)25(9)16(28)13-23-26(21)18(30)20(4,5)6/h14,23H,10-13H2,1-9H3,(H,22,29)/t14-/m0/s1. The average molecular weight is 539 g/mol. The van der Waals surface area contributed by atoms with Gasteiger partial charge in [-0.25, -0.2) is 8.65 Å². The highest BCUT2D eigenvalue weighted by Gasteiger charge is 2.33. The third kappa shape index (κ3) is 10.2. The van der Waals surface area contributed by atoms with Gasteiger partial charge in [-0.15, -0.1) is 0 Å². The van der Waals surface area contributed by atoms with Crippen LogP contribution >= 0.6 is 22.9 Å². The predicted octanol–water partition coefficient (Wildman–Crippen LogP) is 1.23. The van der Waals surface area contributed by atoms with Crippen LogP contribution < -0.4 is 10.7 Å². The number of ketones is 1. The molecule has 0 aromatic heterocycles. The molecule has 0 aliphatic heterocycles. The van der Waals surface area contributed by atoms with E-state index < -0.39 is 22.8 Å². The van der Waals surface area contributed by atoms with Crippen molar-refractivity contribution in [1.82, 2.24) is 23.8 Å². The van der Waals surface area contributed by atoms with Gasteiger partial charge in [0.1, 0.15) is 11.8 Å². The zero-order chi connectivity index (χ0) is 23.9. The summed E-state index contributed by atoms with van der Waals surface area (Å²) in [5, 5.41) is 2.80. The van der Waals surface area contributed by atoms with Gasteiger partial charge in [-0.2, -0.15) is 0 Å². The van der Waals surface area contributed by atoms with Crippen molar-refractivity contribution >= 4 is 46.4 Å². The van der Waals surface area contributed by atoms with Crippen LogP contribution in [0.4, 0.5) is 0 Å². The van der Waals surface area contributed by atoms with E-state index in [-0.39, 0.29) is 30.6 Å². The van der Waals surface area contributed by atoms with Gasteiger partial charge in [-0.1, -0.05) is 41.5 Å². The lowest BCUT2D eigenvalue weighted by Gasteiger charge is -2.30. The predicted molar refractivity (Wildman–Crippen MR) is 126 cm³/mol. The fourth-order valence-corrected chi connectivity index (χ4v) is 3.10. The molecule has 30 heavy (non-hydrogen) atoms. The molecule has 0 rings (SSSR count). The SMILES string of the molecule is CN(C)CCNC(=O)[C@H](CC(=O)C(C)(C)C)N(C)C(=O)CNN(I)C(=O)C(C)(C)C. The second-order valence-electron chi connectivity index (χ2n) is 9.66. The van der Waals surface area contributed by atoms with Crippen LogP contribution in [0.2, 0.25) is 0 Å². The van der Waals surface area contributed by atoms with Crippen LogP contribution in [-0.4, -0.2) is 83.3 Å². The molecule has 0 aliphatic carbocycles. The minimum absolute atomic E-state index is 0.0750. The van der Waals surface area contributed by atoms with E-state index in [0.29, 0.717) is 13.1 Å². The van der Waals surface area contributed by atoms with Gasteiger partial charge in [-0.3, -0.25) is 19.2 Å². The number of amides is 3. The largest absolute Gasteiger partial charge is 0.353 e. The molecule has 3 amide bonds. The molecule has 0 spiro atoms. The van der Waals surface area contributed by atoms with E-state index in [2.05, 4.69) is 10.7 Å². The number of Topliss-reactive ketones (excluding diaryl/α,β-unsaturated/α-hetero) is 1. The van der Waals surface area contributed by atoms with Crippen molar-refractivity contribution in [2.24, 2.45) is 10.8 Å². The summed E-state index contributed by atoms with van der Waals surface area (Å²) in [6.07, 6.45) is -0.0750. The van der Waals surface area contributed by atoms with Crippen LogP contribution in [0.1, 0.15) is 48.0 Å². The molecule has 0 fully saturated rings. The van der Waals surface area contributed by atoms with Gasteiger partial charge >= 0.3 is 0 Å². The second kappa shape index (κ2) is 11.9. The van der Waals surface area contributed by atoms with Crippen LogP contribution in [0.15, 0.2) is 0 Å². The maximum absolute atomic E-state index is 12.7. The number of likely N-dealkylation sites (N-methyl/N-ethyl adjacent to an activating group) is 2. The average Bonchev–Trinajstić information content (AvgIpc) is 2.60. The minimum atomic E-state index is -0.922. The molecule has 0 saturated heterocycles. The smallest absolute Gasteiger partial charge is 0.251 e. The number of halogens is 1. The molecule has 9 nitrogen and oxygen atoms in total. The molecule has 0 heterocycles. The Morgan fingerprint density at radius 1 is 0.933 bits per heavy atom. The van der Waals surface area contributed by atoms with Crippen molar-refractivity contribution in [2.45, 2.75) is 54.0 Å². The monoisotopic (exact) mass is 539 g/mol. The number of hydrogen-bond acceptors (Lipinski definition) is 6. The lowest BCUT2D eigenvalue weighted by atomic mass is 9.86. The van der Waals surface area contributed by atoms with E-state index in [1.165, 1.54) is 15.2 Å². The zero-order valence-electron chi connectivity index (χ0n) is 19.8. The molecule has 0 bridgehead atoms. The summed E-state index contributed by atoms with van der Waals surface area (Å²) in [6, 6.07) is -0.922. The van der Waals surface area contributed by atoms with Gasteiger partial charge < -0.3 is 15.1 Å². The summed E-state index contributed by atoms with van der Waals surface area (Å²) in [4.78, 5) is 53.4. The molecule has 1 atom stereocenters. The van der Waals surface area contributed by atoms with E-state index in [4.69, 9.17) is 0 Å². The molecule has 0 aromatic rings. The molecular formula is C20H38IN5O4. The fraction of sp³-hybridized carbons (Fsp3) is 0.800. The Bertz CT molecular complexity index is 626. The van der Waals surface area contributed by atoms with Crippen molar-refractivity contribution in [3.8, 4) is 0 Å². The van der Waals surface area contributed by atoms with Crippen molar-refractivity contribution in [1.29, 1.82) is 0 Å². The first-order valence-electron chi connectivity index (χ1n) is 9.93. The van der Waals surface area contributed by atoms with Gasteiger partial charge in [0.05, 0.1) is 29.4 Å². The van der Waals surface area contributed by atoms with Crippen molar-refractivity contribution in [3.05, 3.63) is 0 Å². The van der Waals surface area contributed by atoms with E-state index in [1.54, 1.807) is 64.4 Å². The Morgan fingerprint density at radius 2 is 1.47 bits per heavy atom. The number of hydrogen-bond donors (Lipinski definition) is 2. The van der Waals surface area contributed by atoms with Crippen LogP contribution in [0.25, 0.3) is 0 Å². The van der Waals surface area contributed by atoms with E-state index in [9.17, 15) is 19.2 Å². The topological polar surface area (TPSA) is 102 Å². The number of carbonyl (C=O) groups excluding carboxylic acids is 4. The number of carbonyl (C=O) groups is 4. The van der Waals surface area contributed by atoms with E-state index in [0.717, 1.165) is 0 Å². The van der Waals surface area contributed by atoms with Crippen molar-refractivity contribution in [2.75, 3.05) is 40.8 Å². The third-order valence-electron chi connectivity index (χ3n) is 4.43. The number of rotatable bonds is 10. The first-order valence-corrected chi connectivity index (χ1v) is 10.9. The molecule has 0 aliphatic rings. The molecule has 2 N–H and O–H groups in total. The van der Waals surface area contributed by atoms with Crippen molar-refractivity contribution in [3.63, 3.8) is 0 Å². The lowest BCUT2D eigenvalue weighted by Crippen LogP contribution is -2.53. The second-order valence-corrected chi connectivity index (χ2v) is 10.6. The Morgan fingerprint density at radius 3 is 1.90 bits per heavy atom. The molecule has 0 aromatic carbocycles. The highest BCUT2D eigenvalue weighted by molar-refractivity contribution is 14.1. The lowest BCUT2D eigenvalue weighted by molar-refractivity contribution is -0.142. The first kappa shape index (κ1) is 28.7. The van der Waals surface area contributed by atoms with Gasteiger partial charge in [0.15, 0.2) is 0 Å². The zero-order valence-corrected chi connectivity index (χ0v) is 21.9. The summed E-state index contributed by atoms with van der Waals surface area (Å²) in [5.74, 6) is -1.06. The number of nitrogens with one attached hydrogen (secondary N) is 2. The first-order chi connectivity index (χ1) is 13.5. The Hall–Kier alpha value is -1.27. The molecule has 0 unspecified atom stereocenters. The van der Waals surface area contributed by atoms with Crippen molar-refractivity contribution < 1.29 is 19.2 Å². The summed E-state index contributed by atoms with van der Waals surface area (Å²) >= 11 is 1.80. The van der Waals surface area contributed by atoms with Crippen LogP contribution in [-0.2, 0) is 19.2 Å². The van der Waals surface area contributed by atoms with E-state index >= 15 is 0 Å². The summed E-state index contributed by atoms with van der Waals surface area (Å²) in [6.45, 7) is 11.6. The highest BCUT2D eigenvalue weighted by Crippen LogP contribution is 2.20. The molecular weight excluding hydrogens is 501 g/mol.